The summed E-state index contributed by atoms with van der Waals surface area (Å²) < 4.78 is 65.1. The minimum atomic E-state index is -3.86. The predicted molar refractivity (Wildman–Crippen MR) is 228 cm³/mol. The second kappa shape index (κ2) is 18.8. The molecule has 62 heavy (non-hydrogen) atoms. The second-order valence-corrected chi connectivity index (χ2v) is 17.3. The number of aryl methyl sites for hydroxylation is 1. The molecule has 1 spiro atoms. The molecule has 3 amide bonds. The number of nitrogens with one attached hydrogen (secondary N) is 1. The maximum absolute atomic E-state index is 13.1. The summed E-state index contributed by atoms with van der Waals surface area (Å²) in [5, 5.41) is 2.93. The van der Waals surface area contributed by atoms with Crippen LogP contribution in [-0.4, -0.2) is 94.4 Å². The number of nitrogens with zero attached hydrogens (tertiary/aromatic N) is 2. The number of amides is 3. The van der Waals surface area contributed by atoms with E-state index in [4.69, 9.17) is 32.6 Å². The normalized spacial score (nSPS) is 19.0. The molecular formula is C47H49N3O11S. The van der Waals surface area contributed by atoms with Crippen molar-refractivity contribution in [2.75, 3.05) is 46.5 Å². The molecule has 324 valence electrons. The number of rotatable bonds is 12. The number of hydrogen-bond donors (Lipinski definition) is 1. The van der Waals surface area contributed by atoms with E-state index >= 15 is 0 Å². The fraction of sp³-hybridized carbons (Fsp3) is 0.319. The molecule has 0 aromatic heterocycles. The Labute approximate surface area is 361 Å². The smallest absolute Gasteiger partial charge is 0.325 e. The maximum Gasteiger partial charge on any atom is 0.325 e. The number of imide groups is 1. The lowest BCUT2D eigenvalue weighted by molar-refractivity contribution is -0.133. The van der Waals surface area contributed by atoms with Gasteiger partial charge in [0.2, 0.25) is 0 Å². The number of carbonyl (C=O) groups excluding carboxylic acids is 2. The number of fused-ring (bicyclic) bond motifs is 2. The molecule has 1 N–H and O–H groups in total. The van der Waals surface area contributed by atoms with E-state index < -0.39 is 27.9 Å². The molecule has 4 aliphatic heterocycles. The zero-order chi connectivity index (χ0) is 43.1. The first kappa shape index (κ1) is 42.4. The van der Waals surface area contributed by atoms with E-state index in [0.717, 1.165) is 29.8 Å². The zero-order valence-corrected chi connectivity index (χ0v) is 35.4. The van der Waals surface area contributed by atoms with E-state index in [0.29, 0.717) is 60.6 Å². The lowest BCUT2D eigenvalue weighted by Crippen LogP contribution is -2.54. The van der Waals surface area contributed by atoms with Crippen LogP contribution < -0.4 is 33.7 Å². The van der Waals surface area contributed by atoms with Gasteiger partial charge in [0, 0.05) is 25.2 Å². The third-order valence-corrected chi connectivity index (χ3v) is 12.3. The average molecular weight is 864 g/mol. The van der Waals surface area contributed by atoms with Gasteiger partial charge in [-0.2, -0.15) is 8.42 Å². The van der Waals surface area contributed by atoms with Crippen molar-refractivity contribution in [3.63, 3.8) is 0 Å². The molecule has 0 aliphatic carbocycles. The second-order valence-electron chi connectivity index (χ2n) is 15.7. The molecule has 0 saturated carbocycles. The van der Waals surface area contributed by atoms with E-state index in [2.05, 4.69) is 10.2 Å². The first-order valence-electron chi connectivity index (χ1n) is 20.5. The fourth-order valence-corrected chi connectivity index (χ4v) is 8.29. The fourth-order valence-electron chi connectivity index (χ4n) is 7.35. The number of piperidine rings is 1. The van der Waals surface area contributed by atoms with Crippen molar-refractivity contribution in [1.82, 2.24) is 15.1 Å². The van der Waals surface area contributed by atoms with Gasteiger partial charge in [-0.3, -0.25) is 13.9 Å². The van der Waals surface area contributed by atoms with E-state index in [1.54, 1.807) is 30.3 Å². The molecule has 15 heteroatoms. The van der Waals surface area contributed by atoms with Gasteiger partial charge in [-0.05, 0) is 74.3 Å². The summed E-state index contributed by atoms with van der Waals surface area (Å²) in [5.74, 6) is 3.38. The molecule has 5 aromatic rings. The molecule has 2 atom stereocenters. The molecule has 5 aromatic carbocycles. The molecule has 2 saturated heterocycles. The number of likely N-dealkylation sites (tertiary alicyclic amines) is 1. The number of benzene rings is 5. The Morgan fingerprint density at radius 3 is 1.79 bits per heavy atom. The van der Waals surface area contributed by atoms with Crippen LogP contribution in [0.2, 0.25) is 0 Å². The van der Waals surface area contributed by atoms with Gasteiger partial charge in [-0.1, -0.05) is 78.4 Å². The van der Waals surface area contributed by atoms with Crippen molar-refractivity contribution in [3.05, 3.63) is 138 Å². The van der Waals surface area contributed by atoms with Crippen LogP contribution in [0, 0.1) is 6.92 Å². The number of carbonyl (C=O) groups is 2. The van der Waals surface area contributed by atoms with Crippen LogP contribution in [0.4, 0.5) is 4.79 Å². The minimum Gasteiger partial charge on any atom is -0.489 e. The topological polar surface area (TPSA) is 151 Å². The van der Waals surface area contributed by atoms with Crippen molar-refractivity contribution < 1.29 is 50.6 Å². The average Bonchev–Trinajstić information content (AvgIpc) is 3.52. The Morgan fingerprint density at radius 1 is 0.694 bits per heavy atom. The first-order valence-corrected chi connectivity index (χ1v) is 21.9. The summed E-state index contributed by atoms with van der Waals surface area (Å²) in [4.78, 5) is 29.3. The molecule has 0 bridgehead atoms. The van der Waals surface area contributed by atoms with Crippen LogP contribution in [0.15, 0.2) is 126 Å². The highest BCUT2D eigenvalue weighted by Gasteiger charge is 2.52. The molecular weight excluding hydrogens is 815 g/mol. The van der Waals surface area contributed by atoms with Crippen molar-refractivity contribution in [1.29, 1.82) is 0 Å². The highest BCUT2D eigenvalue weighted by Crippen LogP contribution is 2.37. The summed E-state index contributed by atoms with van der Waals surface area (Å²) in [5.41, 5.74) is 2.32. The standard InChI is InChI=1S/C24H27N3O5.C23H22O6S/c1-26-11-9-24(10-12-26)22(28)27(23(29)25-24)14-19-16-31-20-8-7-18(13-21(20)32-19)30-15-17-5-3-2-4-6-17;1-17-7-10-21(11-8-17)30(24,25)28-16-20-15-27-22-12-9-19(13-23(22)29-20)26-14-18-5-3-2-4-6-18/h2-8,13,19H,9-12,14-16H2,1H3,(H,25,29);2-13,20H,14-16H2,1H3/t19-;20-/m10/s1. The van der Waals surface area contributed by atoms with E-state index in [1.807, 2.05) is 92.8 Å². The van der Waals surface area contributed by atoms with E-state index in [9.17, 15) is 18.0 Å². The number of ether oxygens (including phenoxy) is 6. The Balaban J connectivity index is 0.000000171. The molecule has 2 fully saturated rings. The van der Waals surface area contributed by atoms with E-state index in [-0.39, 0.29) is 43.2 Å². The van der Waals surface area contributed by atoms with Gasteiger partial charge in [-0.25, -0.2) is 4.79 Å². The summed E-state index contributed by atoms with van der Waals surface area (Å²) in [6, 6.07) is 36.7. The summed E-state index contributed by atoms with van der Waals surface area (Å²) in [6.45, 7) is 4.79. The zero-order valence-electron chi connectivity index (χ0n) is 34.6. The van der Waals surface area contributed by atoms with Gasteiger partial charge >= 0.3 is 6.03 Å². The highest BCUT2D eigenvalue weighted by molar-refractivity contribution is 7.86. The van der Waals surface area contributed by atoms with Crippen LogP contribution >= 0.6 is 0 Å². The highest BCUT2D eigenvalue weighted by atomic mass is 32.2. The molecule has 4 heterocycles. The Bertz CT molecular complexity index is 2450. The molecule has 0 unspecified atom stereocenters. The van der Waals surface area contributed by atoms with Crippen molar-refractivity contribution >= 4 is 22.1 Å². The van der Waals surface area contributed by atoms with Gasteiger partial charge < -0.3 is 38.6 Å². The van der Waals surface area contributed by atoms with Gasteiger partial charge in [0.25, 0.3) is 16.0 Å². The van der Waals surface area contributed by atoms with Crippen LogP contribution in [0.5, 0.6) is 34.5 Å². The monoisotopic (exact) mass is 863 g/mol. The summed E-state index contributed by atoms with van der Waals surface area (Å²) in [6.07, 6.45) is 0.250. The SMILES string of the molecule is CN1CCC2(CC1)NC(=O)N(C[C@@H]1COc3ccc(OCc4ccccc4)cc3O1)C2=O.Cc1ccc(S(=O)(=O)OC[C@@H]2COc3ccc(OCc4ccccc4)cc3O2)cc1. The third-order valence-electron chi connectivity index (χ3n) is 11.0. The molecule has 4 aliphatic rings. The lowest BCUT2D eigenvalue weighted by atomic mass is 9.87. The summed E-state index contributed by atoms with van der Waals surface area (Å²) >= 11 is 0. The molecule has 0 radical (unpaired) electrons. The quantitative estimate of drug-likeness (QED) is 0.107. The minimum absolute atomic E-state index is 0.113. The number of urea groups is 1. The van der Waals surface area contributed by atoms with Crippen LogP contribution in [0.25, 0.3) is 0 Å². The van der Waals surface area contributed by atoms with Gasteiger partial charge in [0.15, 0.2) is 35.2 Å². The van der Waals surface area contributed by atoms with Crippen molar-refractivity contribution in [2.45, 2.75) is 55.6 Å². The van der Waals surface area contributed by atoms with Crippen molar-refractivity contribution in [3.8, 4) is 34.5 Å². The van der Waals surface area contributed by atoms with Gasteiger partial charge in [0.05, 0.1) is 11.4 Å². The summed E-state index contributed by atoms with van der Waals surface area (Å²) in [7, 11) is -1.84. The Hall–Kier alpha value is -6.29. The Morgan fingerprint density at radius 2 is 1.23 bits per heavy atom. The molecule has 9 rings (SSSR count). The van der Waals surface area contributed by atoms with Crippen LogP contribution in [0.3, 0.4) is 0 Å². The largest absolute Gasteiger partial charge is 0.489 e. The lowest BCUT2D eigenvalue weighted by Gasteiger charge is -2.35. The van der Waals surface area contributed by atoms with E-state index in [1.165, 1.54) is 17.0 Å². The van der Waals surface area contributed by atoms with Crippen LogP contribution in [-0.2, 0) is 32.3 Å². The van der Waals surface area contributed by atoms with Gasteiger partial charge in [0.1, 0.15) is 50.1 Å². The number of hydrogen-bond acceptors (Lipinski definition) is 12. The Kier molecular flexibility index (Phi) is 12.8. The maximum atomic E-state index is 13.1. The molecule has 14 nitrogen and oxygen atoms in total. The third kappa shape index (κ3) is 10.2. The first-order chi connectivity index (χ1) is 30.0. The predicted octanol–water partition coefficient (Wildman–Crippen LogP) is 6.54. The van der Waals surface area contributed by atoms with Gasteiger partial charge in [-0.15, -0.1) is 0 Å². The van der Waals surface area contributed by atoms with Crippen molar-refractivity contribution in [2.24, 2.45) is 0 Å². The van der Waals surface area contributed by atoms with Crippen LogP contribution in [0.1, 0.15) is 29.5 Å².